The van der Waals surface area contributed by atoms with Crippen LogP contribution in [0, 0.1) is 5.92 Å². The van der Waals surface area contributed by atoms with Crippen LogP contribution in [-0.4, -0.2) is 48.2 Å². The monoisotopic (exact) mass is 270 g/mol. The van der Waals surface area contributed by atoms with E-state index in [1.807, 2.05) is 13.8 Å². The predicted molar refractivity (Wildman–Crippen MR) is 78.4 cm³/mol. The van der Waals surface area contributed by atoms with E-state index >= 15 is 0 Å². The average molecular weight is 270 g/mol. The molecule has 112 valence electrons. The molecule has 0 aromatic carbocycles. The molecule has 0 aliphatic heterocycles. The first-order valence-electron chi connectivity index (χ1n) is 7.71. The number of likely N-dealkylation sites (N-methyl/N-ethyl adjacent to an activating group) is 1. The fraction of sp³-hybridized carbons (Fsp3) is 0.933. The fourth-order valence-corrected chi connectivity index (χ4v) is 2.92. The van der Waals surface area contributed by atoms with Gasteiger partial charge in [0, 0.05) is 6.54 Å². The Morgan fingerprint density at radius 2 is 2.11 bits per heavy atom. The second-order valence-corrected chi connectivity index (χ2v) is 5.93. The summed E-state index contributed by atoms with van der Waals surface area (Å²) in [5, 5.41) is 12.6. The van der Waals surface area contributed by atoms with Gasteiger partial charge in [-0.3, -0.25) is 4.79 Å². The fourth-order valence-electron chi connectivity index (χ4n) is 2.92. The first kappa shape index (κ1) is 16.4. The van der Waals surface area contributed by atoms with Crippen LogP contribution in [0.25, 0.3) is 0 Å². The van der Waals surface area contributed by atoms with Gasteiger partial charge in [0.1, 0.15) is 5.54 Å². The van der Waals surface area contributed by atoms with Crippen LogP contribution in [0.3, 0.4) is 0 Å². The highest BCUT2D eigenvalue weighted by molar-refractivity contribution is 5.78. The van der Waals surface area contributed by atoms with Crippen molar-refractivity contribution >= 4 is 5.97 Å². The molecule has 0 bridgehead atoms. The van der Waals surface area contributed by atoms with Crippen LogP contribution < -0.4 is 5.32 Å². The van der Waals surface area contributed by atoms with Gasteiger partial charge in [-0.05, 0) is 58.2 Å². The Morgan fingerprint density at radius 1 is 1.42 bits per heavy atom. The van der Waals surface area contributed by atoms with Gasteiger partial charge < -0.3 is 15.3 Å². The third-order valence-electron chi connectivity index (χ3n) is 4.47. The minimum absolute atomic E-state index is 0.641. The Labute approximate surface area is 117 Å². The molecule has 0 aromatic rings. The van der Waals surface area contributed by atoms with Gasteiger partial charge in [-0.25, -0.2) is 0 Å². The lowest BCUT2D eigenvalue weighted by Gasteiger charge is -2.32. The van der Waals surface area contributed by atoms with Crippen LogP contribution in [-0.2, 0) is 4.79 Å². The summed E-state index contributed by atoms with van der Waals surface area (Å²) in [6, 6.07) is 0. The second kappa shape index (κ2) is 7.85. The lowest BCUT2D eigenvalue weighted by Crippen LogP contribution is -2.51. The molecule has 1 saturated carbocycles. The highest BCUT2D eigenvalue weighted by Crippen LogP contribution is 2.27. The predicted octanol–water partition coefficient (Wildman–Crippen LogP) is 2.34. The standard InChI is InChI=1S/C15H30N2O2/c1-4-15(14(18)19,16-5-2)10-7-11-17(3)12-13-8-6-9-13/h13,16H,4-12H2,1-3H3,(H,18,19). The molecule has 2 N–H and O–H groups in total. The van der Waals surface area contributed by atoms with E-state index in [0.29, 0.717) is 19.4 Å². The van der Waals surface area contributed by atoms with Crippen LogP contribution >= 0.6 is 0 Å². The highest BCUT2D eigenvalue weighted by atomic mass is 16.4. The van der Waals surface area contributed by atoms with Gasteiger partial charge in [-0.2, -0.15) is 0 Å². The lowest BCUT2D eigenvalue weighted by atomic mass is 9.85. The number of hydrogen-bond donors (Lipinski definition) is 2. The Kier molecular flexibility index (Phi) is 6.80. The van der Waals surface area contributed by atoms with E-state index in [4.69, 9.17) is 0 Å². The molecule has 1 aliphatic carbocycles. The van der Waals surface area contributed by atoms with Gasteiger partial charge in [0.15, 0.2) is 0 Å². The number of aliphatic carboxylic acids is 1. The molecule has 1 fully saturated rings. The largest absolute Gasteiger partial charge is 0.480 e. The van der Waals surface area contributed by atoms with E-state index in [9.17, 15) is 9.90 Å². The van der Waals surface area contributed by atoms with Gasteiger partial charge >= 0.3 is 5.97 Å². The highest BCUT2D eigenvalue weighted by Gasteiger charge is 2.35. The molecule has 4 nitrogen and oxygen atoms in total. The van der Waals surface area contributed by atoms with Crippen molar-refractivity contribution < 1.29 is 9.90 Å². The quantitative estimate of drug-likeness (QED) is 0.640. The van der Waals surface area contributed by atoms with Crippen LogP contribution in [0.4, 0.5) is 0 Å². The summed E-state index contributed by atoms with van der Waals surface area (Å²) in [5.41, 5.74) is -0.730. The lowest BCUT2D eigenvalue weighted by molar-refractivity contribution is -0.145. The molecule has 0 saturated heterocycles. The number of carboxylic acid groups (broad SMARTS) is 1. The maximum Gasteiger partial charge on any atom is 0.323 e. The zero-order valence-electron chi connectivity index (χ0n) is 12.7. The van der Waals surface area contributed by atoms with Crippen molar-refractivity contribution in [2.24, 2.45) is 5.92 Å². The molecule has 1 atom stereocenters. The molecule has 0 amide bonds. The smallest absolute Gasteiger partial charge is 0.323 e. The Morgan fingerprint density at radius 3 is 2.53 bits per heavy atom. The number of rotatable bonds is 10. The van der Waals surface area contributed by atoms with E-state index in [-0.39, 0.29) is 0 Å². The first-order valence-corrected chi connectivity index (χ1v) is 7.71. The van der Waals surface area contributed by atoms with E-state index in [1.54, 1.807) is 0 Å². The van der Waals surface area contributed by atoms with Crippen LogP contribution in [0.1, 0.15) is 52.4 Å². The topological polar surface area (TPSA) is 52.6 Å². The maximum atomic E-state index is 11.5. The SMILES string of the molecule is CCNC(CC)(CCCN(C)CC1CCC1)C(=O)O. The Hall–Kier alpha value is -0.610. The van der Waals surface area contributed by atoms with Crippen molar-refractivity contribution in [2.45, 2.75) is 57.9 Å². The molecule has 19 heavy (non-hydrogen) atoms. The molecule has 1 aliphatic rings. The van der Waals surface area contributed by atoms with Crippen molar-refractivity contribution in [3.05, 3.63) is 0 Å². The molecular weight excluding hydrogens is 240 g/mol. The van der Waals surface area contributed by atoms with Crippen molar-refractivity contribution in [1.82, 2.24) is 10.2 Å². The van der Waals surface area contributed by atoms with E-state index < -0.39 is 11.5 Å². The van der Waals surface area contributed by atoms with Crippen molar-refractivity contribution in [1.29, 1.82) is 0 Å². The average Bonchev–Trinajstić information content (AvgIpc) is 2.32. The van der Waals surface area contributed by atoms with Gasteiger partial charge in [-0.1, -0.05) is 20.3 Å². The van der Waals surface area contributed by atoms with Crippen molar-refractivity contribution in [3.63, 3.8) is 0 Å². The molecule has 0 aromatic heterocycles. The van der Waals surface area contributed by atoms with Crippen molar-refractivity contribution in [3.8, 4) is 0 Å². The molecule has 4 heteroatoms. The summed E-state index contributed by atoms with van der Waals surface area (Å²) >= 11 is 0. The summed E-state index contributed by atoms with van der Waals surface area (Å²) in [5.74, 6) is 0.174. The van der Waals surface area contributed by atoms with Gasteiger partial charge in [0.05, 0.1) is 0 Å². The van der Waals surface area contributed by atoms with Crippen molar-refractivity contribution in [2.75, 3.05) is 26.7 Å². The summed E-state index contributed by atoms with van der Waals surface area (Å²) in [6.45, 7) is 6.80. The summed E-state index contributed by atoms with van der Waals surface area (Å²) in [6.07, 6.45) is 6.42. The molecular formula is C15H30N2O2. The van der Waals surface area contributed by atoms with Gasteiger partial charge in [0.2, 0.25) is 0 Å². The first-order chi connectivity index (χ1) is 9.04. The third kappa shape index (κ3) is 4.77. The summed E-state index contributed by atoms with van der Waals surface area (Å²) in [4.78, 5) is 13.8. The van der Waals surface area contributed by atoms with Crippen LogP contribution in [0.15, 0.2) is 0 Å². The minimum Gasteiger partial charge on any atom is -0.480 e. The zero-order chi connectivity index (χ0) is 14.3. The summed E-state index contributed by atoms with van der Waals surface area (Å²) in [7, 11) is 2.15. The van der Waals surface area contributed by atoms with Gasteiger partial charge in [-0.15, -0.1) is 0 Å². The molecule has 1 rings (SSSR count). The summed E-state index contributed by atoms with van der Waals surface area (Å²) < 4.78 is 0. The Balaban J connectivity index is 2.32. The number of nitrogens with zero attached hydrogens (tertiary/aromatic N) is 1. The van der Waals surface area contributed by atoms with E-state index in [0.717, 1.165) is 18.9 Å². The van der Waals surface area contributed by atoms with E-state index in [2.05, 4.69) is 17.3 Å². The van der Waals surface area contributed by atoms with Crippen LogP contribution in [0.5, 0.6) is 0 Å². The van der Waals surface area contributed by atoms with Crippen LogP contribution in [0.2, 0.25) is 0 Å². The maximum absolute atomic E-state index is 11.5. The van der Waals surface area contributed by atoms with Gasteiger partial charge in [0.25, 0.3) is 0 Å². The molecule has 0 spiro atoms. The zero-order valence-corrected chi connectivity index (χ0v) is 12.7. The number of hydrogen-bond acceptors (Lipinski definition) is 3. The number of carbonyl (C=O) groups is 1. The minimum atomic E-state index is -0.730. The third-order valence-corrected chi connectivity index (χ3v) is 4.47. The number of nitrogens with one attached hydrogen (secondary N) is 1. The number of carboxylic acids is 1. The molecule has 0 heterocycles. The molecule has 1 unspecified atom stereocenters. The normalized spacial score (nSPS) is 19.2. The molecule has 0 radical (unpaired) electrons. The Bertz CT molecular complexity index is 279. The second-order valence-electron chi connectivity index (χ2n) is 5.93. The van der Waals surface area contributed by atoms with E-state index in [1.165, 1.54) is 25.8 Å².